The van der Waals surface area contributed by atoms with E-state index in [-0.39, 0.29) is 5.75 Å². The van der Waals surface area contributed by atoms with E-state index in [1.165, 1.54) is 5.39 Å². The molecule has 0 saturated heterocycles. The molecule has 3 heteroatoms. The van der Waals surface area contributed by atoms with E-state index >= 15 is 0 Å². The van der Waals surface area contributed by atoms with E-state index in [1.54, 1.807) is 12.1 Å². The minimum atomic E-state index is -3.23. The molecule has 0 aliphatic carbocycles. The molecule has 112 valence electrons. The number of rotatable bonds is 4. The smallest absolute Gasteiger partial charge is 0.178 e. The van der Waals surface area contributed by atoms with Gasteiger partial charge in [-0.15, -0.1) is 0 Å². The Balaban J connectivity index is 1.79. The number of sulfone groups is 1. The number of aryl methyl sites for hydroxylation is 2. The fraction of sp³-hybridized carbons (Fsp3) is 0.158. The van der Waals surface area contributed by atoms with Gasteiger partial charge in [-0.3, -0.25) is 0 Å². The highest BCUT2D eigenvalue weighted by Gasteiger charge is 2.14. The highest BCUT2D eigenvalue weighted by Crippen LogP contribution is 2.18. The average molecular weight is 310 g/mol. The van der Waals surface area contributed by atoms with Crippen LogP contribution in [0, 0.1) is 6.92 Å². The molecular formula is C19H18O2S. The summed E-state index contributed by atoms with van der Waals surface area (Å²) in [7, 11) is -3.23. The van der Waals surface area contributed by atoms with Crippen LogP contribution in [0.15, 0.2) is 71.6 Å². The summed E-state index contributed by atoms with van der Waals surface area (Å²) in [6.45, 7) is 1.95. The van der Waals surface area contributed by atoms with Gasteiger partial charge in [0.1, 0.15) is 0 Å². The molecule has 0 fully saturated rings. The van der Waals surface area contributed by atoms with Crippen molar-refractivity contribution in [2.45, 2.75) is 18.2 Å². The second kappa shape index (κ2) is 5.93. The number of hydrogen-bond acceptors (Lipinski definition) is 2. The summed E-state index contributed by atoms with van der Waals surface area (Å²) in [5, 5.41) is 2.32. The number of fused-ring (bicyclic) bond motifs is 1. The highest BCUT2D eigenvalue weighted by atomic mass is 32.2. The normalized spacial score (nSPS) is 11.7. The van der Waals surface area contributed by atoms with Crippen LogP contribution in [0.25, 0.3) is 10.8 Å². The minimum Gasteiger partial charge on any atom is -0.224 e. The van der Waals surface area contributed by atoms with Crippen LogP contribution in [0.3, 0.4) is 0 Å². The Morgan fingerprint density at radius 2 is 1.50 bits per heavy atom. The SMILES string of the molecule is Cc1ccc(S(=O)(=O)CCc2ccc3ccccc3c2)cc1. The molecule has 2 nitrogen and oxygen atoms in total. The first kappa shape index (κ1) is 14.8. The van der Waals surface area contributed by atoms with Crippen LogP contribution in [-0.4, -0.2) is 14.2 Å². The zero-order valence-electron chi connectivity index (χ0n) is 12.5. The van der Waals surface area contributed by atoms with Gasteiger partial charge in [-0.1, -0.05) is 60.2 Å². The van der Waals surface area contributed by atoms with E-state index < -0.39 is 9.84 Å². The monoisotopic (exact) mass is 310 g/mol. The Labute approximate surface area is 131 Å². The van der Waals surface area contributed by atoms with Crippen molar-refractivity contribution >= 4 is 20.6 Å². The lowest BCUT2D eigenvalue weighted by atomic mass is 10.1. The number of benzene rings is 3. The predicted octanol–water partition coefficient (Wildman–Crippen LogP) is 4.16. The van der Waals surface area contributed by atoms with E-state index in [4.69, 9.17) is 0 Å². The van der Waals surface area contributed by atoms with Gasteiger partial charge in [0, 0.05) is 0 Å². The van der Waals surface area contributed by atoms with Crippen molar-refractivity contribution in [2.24, 2.45) is 0 Å². The third-order valence-corrected chi connectivity index (χ3v) is 5.59. The molecule has 3 rings (SSSR count). The van der Waals surface area contributed by atoms with Crippen LogP contribution < -0.4 is 0 Å². The molecule has 0 N–H and O–H groups in total. The van der Waals surface area contributed by atoms with Crippen LogP contribution in [0.5, 0.6) is 0 Å². The zero-order valence-corrected chi connectivity index (χ0v) is 13.3. The first-order valence-corrected chi connectivity index (χ1v) is 8.97. The largest absolute Gasteiger partial charge is 0.224 e. The summed E-state index contributed by atoms with van der Waals surface area (Å²) in [6, 6.07) is 21.3. The molecule has 0 saturated carbocycles. The Morgan fingerprint density at radius 3 is 2.23 bits per heavy atom. The highest BCUT2D eigenvalue weighted by molar-refractivity contribution is 7.91. The minimum absolute atomic E-state index is 0.133. The molecule has 3 aromatic rings. The van der Waals surface area contributed by atoms with Gasteiger partial charge in [-0.2, -0.15) is 0 Å². The van der Waals surface area contributed by atoms with Crippen LogP contribution in [0.2, 0.25) is 0 Å². The van der Waals surface area contributed by atoms with Crippen molar-refractivity contribution in [1.82, 2.24) is 0 Å². The van der Waals surface area contributed by atoms with E-state index in [0.29, 0.717) is 11.3 Å². The molecule has 0 radical (unpaired) electrons. The molecular weight excluding hydrogens is 292 g/mol. The maximum Gasteiger partial charge on any atom is 0.178 e. The van der Waals surface area contributed by atoms with E-state index in [9.17, 15) is 8.42 Å². The molecule has 0 heterocycles. The van der Waals surface area contributed by atoms with Gasteiger partial charge in [0.2, 0.25) is 0 Å². The lowest BCUT2D eigenvalue weighted by Gasteiger charge is -2.06. The van der Waals surface area contributed by atoms with Crippen LogP contribution in [-0.2, 0) is 16.3 Å². The van der Waals surface area contributed by atoms with E-state index in [0.717, 1.165) is 16.5 Å². The van der Waals surface area contributed by atoms with Gasteiger partial charge < -0.3 is 0 Å². The molecule has 22 heavy (non-hydrogen) atoms. The Hall–Kier alpha value is -2.13. The Kier molecular flexibility index (Phi) is 3.99. The van der Waals surface area contributed by atoms with Gasteiger partial charge >= 0.3 is 0 Å². The summed E-state index contributed by atoms with van der Waals surface area (Å²) in [6.07, 6.45) is 0.529. The Morgan fingerprint density at radius 1 is 0.818 bits per heavy atom. The van der Waals surface area contributed by atoms with Gasteiger partial charge in [0.25, 0.3) is 0 Å². The van der Waals surface area contributed by atoms with Gasteiger partial charge in [-0.05, 0) is 41.8 Å². The first-order chi connectivity index (χ1) is 10.5. The van der Waals surface area contributed by atoms with Crippen molar-refractivity contribution in [2.75, 3.05) is 5.75 Å². The second-order valence-electron chi connectivity index (χ2n) is 5.56. The first-order valence-electron chi connectivity index (χ1n) is 7.32. The average Bonchev–Trinajstić information content (AvgIpc) is 2.53. The van der Waals surface area contributed by atoms with E-state index in [2.05, 4.69) is 12.1 Å². The maximum absolute atomic E-state index is 12.4. The summed E-state index contributed by atoms with van der Waals surface area (Å²) in [5.74, 6) is 0.133. The van der Waals surface area contributed by atoms with Crippen molar-refractivity contribution in [1.29, 1.82) is 0 Å². The maximum atomic E-state index is 12.4. The van der Waals surface area contributed by atoms with Gasteiger partial charge in [-0.25, -0.2) is 8.42 Å². The standard InChI is InChI=1S/C19H18O2S/c1-15-6-10-19(11-7-15)22(20,21)13-12-16-8-9-17-4-2-3-5-18(17)14-16/h2-11,14H,12-13H2,1H3. The lowest BCUT2D eigenvalue weighted by molar-refractivity contribution is 0.595. The topological polar surface area (TPSA) is 34.1 Å². The van der Waals surface area contributed by atoms with Crippen LogP contribution in [0.1, 0.15) is 11.1 Å². The second-order valence-corrected chi connectivity index (χ2v) is 7.67. The van der Waals surface area contributed by atoms with Crippen molar-refractivity contribution in [3.63, 3.8) is 0 Å². The Bertz CT molecular complexity index is 894. The third kappa shape index (κ3) is 3.20. The number of hydrogen-bond donors (Lipinski definition) is 0. The molecule has 0 aliphatic rings. The van der Waals surface area contributed by atoms with Gasteiger partial charge in [0.05, 0.1) is 10.6 Å². The molecule has 0 atom stereocenters. The molecule has 0 bridgehead atoms. The van der Waals surface area contributed by atoms with Crippen LogP contribution >= 0.6 is 0 Å². The fourth-order valence-corrected chi connectivity index (χ4v) is 3.80. The van der Waals surface area contributed by atoms with Crippen LogP contribution in [0.4, 0.5) is 0 Å². The van der Waals surface area contributed by atoms with E-state index in [1.807, 2.05) is 49.4 Å². The fourth-order valence-electron chi connectivity index (χ4n) is 2.51. The van der Waals surface area contributed by atoms with Crippen molar-refractivity contribution < 1.29 is 8.42 Å². The third-order valence-electron chi connectivity index (χ3n) is 3.85. The van der Waals surface area contributed by atoms with Crippen molar-refractivity contribution in [3.8, 4) is 0 Å². The molecule has 0 amide bonds. The summed E-state index contributed by atoms with van der Waals surface area (Å²) in [5.41, 5.74) is 2.11. The van der Waals surface area contributed by atoms with Crippen molar-refractivity contribution in [3.05, 3.63) is 77.9 Å². The summed E-state index contributed by atoms with van der Waals surface area (Å²) in [4.78, 5) is 0.402. The quantitative estimate of drug-likeness (QED) is 0.725. The van der Waals surface area contributed by atoms with Gasteiger partial charge in [0.15, 0.2) is 9.84 Å². The molecule has 3 aromatic carbocycles. The predicted molar refractivity (Wildman–Crippen MR) is 90.9 cm³/mol. The molecule has 0 unspecified atom stereocenters. The molecule has 0 aromatic heterocycles. The zero-order chi connectivity index (χ0) is 15.6. The summed E-state index contributed by atoms with van der Waals surface area (Å²) < 4.78 is 24.8. The lowest BCUT2D eigenvalue weighted by Crippen LogP contribution is -2.09. The molecule has 0 aliphatic heterocycles. The summed E-state index contributed by atoms with van der Waals surface area (Å²) >= 11 is 0. The molecule has 0 spiro atoms.